The Morgan fingerprint density at radius 3 is 2.32 bits per heavy atom. The van der Waals surface area contributed by atoms with Crippen molar-refractivity contribution in [1.29, 1.82) is 0 Å². The number of hydrogen-bond acceptors (Lipinski definition) is 2. The van der Waals surface area contributed by atoms with E-state index in [1.165, 1.54) is 5.56 Å². The third-order valence-corrected chi connectivity index (χ3v) is 4.21. The SMILES string of the molecule is CN1CCN(C(=O)NC2(c3ccccc3)CC2)CC1. The van der Waals surface area contributed by atoms with E-state index in [0.29, 0.717) is 0 Å². The number of nitrogens with one attached hydrogen (secondary N) is 1. The number of rotatable bonds is 2. The number of hydrogen-bond donors (Lipinski definition) is 1. The molecule has 19 heavy (non-hydrogen) atoms. The van der Waals surface area contributed by atoms with Crippen molar-refractivity contribution in [3.8, 4) is 0 Å². The molecule has 0 bridgehead atoms. The van der Waals surface area contributed by atoms with Crippen LogP contribution in [0.15, 0.2) is 30.3 Å². The van der Waals surface area contributed by atoms with Gasteiger partial charge in [-0.15, -0.1) is 0 Å². The number of piperazine rings is 1. The number of benzene rings is 1. The molecule has 2 fully saturated rings. The Hall–Kier alpha value is -1.55. The highest BCUT2D eigenvalue weighted by Crippen LogP contribution is 2.45. The zero-order valence-electron chi connectivity index (χ0n) is 11.4. The van der Waals surface area contributed by atoms with Gasteiger partial charge in [-0.2, -0.15) is 0 Å². The maximum absolute atomic E-state index is 12.3. The first-order valence-electron chi connectivity index (χ1n) is 7.01. The van der Waals surface area contributed by atoms with Gasteiger partial charge in [0.05, 0.1) is 5.54 Å². The molecule has 1 aliphatic heterocycles. The van der Waals surface area contributed by atoms with Crippen LogP contribution in [0.2, 0.25) is 0 Å². The molecule has 3 rings (SSSR count). The Balaban J connectivity index is 1.64. The number of urea groups is 1. The lowest BCUT2D eigenvalue weighted by Gasteiger charge is -2.33. The number of nitrogens with zero attached hydrogens (tertiary/aromatic N) is 2. The number of amides is 2. The summed E-state index contributed by atoms with van der Waals surface area (Å²) in [6.45, 7) is 3.58. The van der Waals surface area contributed by atoms with Crippen LogP contribution in [-0.4, -0.2) is 49.1 Å². The number of carbonyl (C=O) groups is 1. The Bertz CT molecular complexity index is 448. The molecule has 0 unspecified atom stereocenters. The summed E-state index contributed by atoms with van der Waals surface area (Å²) in [5.74, 6) is 0. The van der Waals surface area contributed by atoms with E-state index in [-0.39, 0.29) is 11.6 Å². The summed E-state index contributed by atoms with van der Waals surface area (Å²) in [4.78, 5) is 16.5. The van der Waals surface area contributed by atoms with Crippen molar-refractivity contribution in [2.24, 2.45) is 0 Å². The summed E-state index contributed by atoms with van der Waals surface area (Å²) in [5, 5.41) is 3.24. The first-order chi connectivity index (χ1) is 9.20. The average molecular weight is 259 g/mol. The zero-order valence-corrected chi connectivity index (χ0v) is 11.4. The van der Waals surface area contributed by atoms with E-state index in [0.717, 1.165) is 39.0 Å². The van der Waals surface area contributed by atoms with E-state index < -0.39 is 0 Å². The molecule has 2 amide bonds. The topological polar surface area (TPSA) is 35.6 Å². The summed E-state index contributed by atoms with van der Waals surface area (Å²) < 4.78 is 0. The van der Waals surface area contributed by atoms with Crippen molar-refractivity contribution in [1.82, 2.24) is 15.1 Å². The van der Waals surface area contributed by atoms with Crippen LogP contribution in [0.25, 0.3) is 0 Å². The van der Waals surface area contributed by atoms with Gasteiger partial charge >= 0.3 is 6.03 Å². The van der Waals surface area contributed by atoms with Gasteiger partial charge in [-0.25, -0.2) is 4.79 Å². The smallest absolute Gasteiger partial charge is 0.318 e. The van der Waals surface area contributed by atoms with Gasteiger partial charge in [0.2, 0.25) is 0 Å². The van der Waals surface area contributed by atoms with Crippen LogP contribution < -0.4 is 5.32 Å². The van der Waals surface area contributed by atoms with E-state index in [1.54, 1.807) is 0 Å². The minimum atomic E-state index is -0.0955. The molecule has 1 aliphatic carbocycles. The van der Waals surface area contributed by atoms with Crippen LogP contribution in [0, 0.1) is 0 Å². The molecule has 0 atom stereocenters. The number of carbonyl (C=O) groups excluding carboxylic acids is 1. The lowest BCUT2D eigenvalue weighted by atomic mass is 10.1. The molecule has 2 aliphatic rings. The summed E-state index contributed by atoms with van der Waals surface area (Å²) in [6, 6.07) is 10.4. The first-order valence-corrected chi connectivity index (χ1v) is 7.01. The molecule has 0 radical (unpaired) electrons. The third-order valence-electron chi connectivity index (χ3n) is 4.21. The maximum Gasteiger partial charge on any atom is 0.318 e. The summed E-state index contributed by atoms with van der Waals surface area (Å²) in [5.41, 5.74) is 1.14. The molecule has 1 heterocycles. The molecule has 4 nitrogen and oxygen atoms in total. The van der Waals surface area contributed by atoms with Crippen LogP contribution in [0.1, 0.15) is 18.4 Å². The normalized spacial score (nSPS) is 22.1. The molecule has 1 aromatic rings. The maximum atomic E-state index is 12.3. The Kier molecular flexibility index (Phi) is 3.19. The standard InChI is InChI=1S/C15H21N3O/c1-17-9-11-18(12-10-17)14(19)16-15(7-8-15)13-5-3-2-4-6-13/h2-6H,7-12H2,1H3,(H,16,19). The fourth-order valence-electron chi connectivity index (χ4n) is 2.66. The average Bonchev–Trinajstić information content (AvgIpc) is 3.21. The summed E-state index contributed by atoms with van der Waals surface area (Å²) >= 11 is 0. The van der Waals surface area contributed by atoms with Crippen LogP contribution >= 0.6 is 0 Å². The van der Waals surface area contributed by atoms with Gasteiger partial charge in [0, 0.05) is 26.2 Å². The fraction of sp³-hybridized carbons (Fsp3) is 0.533. The molecule has 1 saturated heterocycles. The second kappa shape index (κ2) is 4.85. The predicted molar refractivity (Wildman–Crippen MR) is 75.0 cm³/mol. The molecule has 102 valence electrons. The van der Waals surface area contributed by atoms with Crippen LogP contribution in [-0.2, 0) is 5.54 Å². The van der Waals surface area contributed by atoms with Gasteiger partial charge in [-0.05, 0) is 25.5 Å². The van der Waals surface area contributed by atoms with Crippen LogP contribution in [0.4, 0.5) is 4.79 Å². The quantitative estimate of drug-likeness (QED) is 0.876. The largest absolute Gasteiger partial charge is 0.328 e. The minimum absolute atomic E-state index is 0.0921. The highest BCUT2D eigenvalue weighted by Gasteiger charge is 2.46. The van der Waals surface area contributed by atoms with Gasteiger partial charge in [0.25, 0.3) is 0 Å². The monoisotopic (exact) mass is 259 g/mol. The van der Waals surface area contributed by atoms with Gasteiger partial charge in [0.1, 0.15) is 0 Å². The molecule has 4 heteroatoms. The van der Waals surface area contributed by atoms with E-state index in [1.807, 2.05) is 23.1 Å². The summed E-state index contributed by atoms with van der Waals surface area (Å²) in [6.07, 6.45) is 2.10. The first kappa shape index (κ1) is 12.5. The molecule has 1 saturated carbocycles. The van der Waals surface area contributed by atoms with Gasteiger partial charge in [-0.3, -0.25) is 0 Å². The molecule has 0 spiro atoms. The third kappa shape index (κ3) is 2.59. The van der Waals surface area contributed by atoms with Crippen molar-refractivity contribution in [3.05, 3.63) is 35.9 Å². The molecule has 1 N–H and O–H groups in total. The summed E-state index contributed by atoms with van der Waals surface area (Å²) in [7, 11) is 2.10. The van der Waals surface area contributed by atoms with Crippen molar-refractivity contribution in [2.45, 2.75) is 18.4 Å². The second-order valence-electron chi connectivity index (χ2n) is 5.67. The van der Waals surface area contributed by atoms with Crippen molar-refractivity contribution < 1.29 is 4.79 Å². The predicted octanol–water partition coefficient (Wildman–Crippen LogP) is 1.63. The fourth-order valence-corrected chi connectivity index (χ4v) is 2.66. The second-order valence-corrected chi connectivity index (χ2v) is 5.67. The van der Waals surface area contributed by atoms with Gasteiger partial charge in [0.15, 0.2) is 0 Å². The van der Waals surface area contributed by atoms with Crippen molar-refractivity contribution >= 4 is 6.03 Å². The molecule has 0 aromatic heterocycles. The lowest BCUT2D eigenvalue weighted by molar-refractivity contribution is 0.150. The van der Waals surface area contributed by atoms with Crippen LogP contribution in [0.5, 0.6) is 0 Å². The molecule has 1 aromatic carbocycles. The van der Waals surface area contributed by atoms with Crippen LogP contribution in [0.3, 0.4) is 0 Å². The Morgan fingerprint density at radius 1 is 1.11 bits per heavy atom. The molecular formula is C15H21N3O. The lowest BCUT2D eigenvalue weighted by Crippen LogP contribution is -2.52. The van der Waals surface area contributed by atoms with Gasteiger partial charge in [-0.1, -0.05) is 30.3 Å². The van der Waals surface area contributed by atoms with E-state index in [4.69, 9.17) is 0 Å². The van der Waals surface area contributed by atoms with E-state index in [9.17, 15) is 4.79 Å². The van der Waals surface area contributed by atoms with E-state index >= 15 is 0 Å². The van der Waals surface area contributed by atoms with Crippen molar-refractivity contribution in [3.63, 3.8) is 0 Å². The van der Waals surface area contributed by atoms with E-state index in [2.05, 4.69) is 29.4 Å². The highest BCUT2D eigenvalue weighted by atomic mass is 16.2. The zero-order chi connectivity index (χ0) is 13.3. The number of likely N-dealkylation sites (N-methyl/N-ethyl adjacent to an activating group) is 1. The minimum Gasteiger partial charge on any atom is -0.328 e. The Morgan fingerprint density at radius 2 is 1.74 bits per heavy atom. The van der Waals surface area contributed by atoms with Gasteiger partial charge < -0.3 is 15.1 Å². The highest BCUT2D eigenvalue weighted by molar-refractivity contribution is 5.76. The molecular weight excluding hydrogens is 238 g/mol. The van der Waals surface area contributed by atoms with Crippen molar-refractivity contribution in [2.75, 3.05) is 33.2 Å². The Labute approximate surface area is 114 Å².